The third-order valence-electron chi connectivity index (χ3n) is 2.72. The van der Waals surface area contributed by atoms with Crippen LogP contribution in [0.15, 0.2) is 23.1 Å². The number of amides is 1. The third-order valence-corrected chi connectivity index (χ3v) is 3.89. The molecule has 0 spiro atoms. The van der Waals surface area contributed by atoms with E-state index in [4.69, 9.17) is 5.11 Å². The second-order valence-electron chi connectivity index (χ2n) is 4.60. The number of benzene rings is 1. The monoisotopic (exact) mass is 281 g/mol. The van der Waals surface area contributed by atoms with Crippen LogP contribution < -0.4 is 5.32 Å². The number of aryl methyl sites for hydroxylation is 2. The summed E-state index contributed by atoms with van der Waals surface area (Å²) in [6.07, 6.45) is 0. The quantitative estimate of drug-likeness (QED) is 0.785. The minimum absolute atomic E-state index is 0.141. The zero-order chi connectivity index (χ0) is 14.4. The van der Waals surface area contributed by atoms with Crippen LogP contribution in [0.25, 0.3) is 0 Å². The third kappa shape index (κ3) is 5.34. The van der Waals surface area contributed by atoms with E-state index < -0.39 is 11.9 Å². The van der Waals surface area contributed by atoms with Crippen molar-refractivity contribution in [1.82, 2.24) is 5.32 Å². The zero-order valence-electron chi connectivity index (χ0n) is 11.4. The summed E-state index contributed by atoms with van der Waals surface area (Å²) in [5, 5.41) is 11.3. The number of aliphatic carboxylic acids is 1. The summed E-state index contributed by atoms with van der Waals surface area (Å²) >= 11 is 1.46. The Morgan fingerprint density at radius 1 is 1.37 bits per heavy atom. The van der Waals surface area contributed by atoms with Crippen molar-refractivity contribution >= 4 is 23.6 Å². The fourth-order valence-corrected chi connectivity index (χ4v) is 2.35. The fraction of sp³-hybridized carbons (Fsp3) is 0.429. The van der Waals surface area contributed by atoms with E-state index in [9.17, 15) is 9.59 Å². The Labute approximate surface area is 117 Å². The van der Waals surface area contributed by atoms with Crippen LogP contribution in [0.2, 0.25) is 0 Å². The Bertz CT molecular complexity index is 474. The number of nitrogens with one attached hydrogen (secondary N) is 1. The van der Waals surface area contributed by atoms with Crippen LogP contribution in [0.3, 0.4) is 0 Å². The molecule has 19 heavy (non-hydrogen) atoms. The van der Waals surface area contributed by atoms with Crippen molar-refractivity contribution in [3.05, 3.63) is 29.3 Å². The van der Waals surface area contributed by atoms with Gasteiger partial charge in [0.05, 0.1) is 11.7 Å². The highest BCUT2D eigenvalue weighted by molar-refractivity contribution is 8.00. The molecule has 1 rings (SSSR count). The van der Waals surface area contributed by atoms with Crippen LogP contribution in [-0.2, 0) is 9.59 Å². The average molecular weight is 281 g/mol. The van der Waals surface area contributed by atoms with Gasteiger partial charge in [-0.1, -0.05) is 24.6 Å². The summed E-state index contributed by atoms with van der Waals surface area (Å²) in [5.74, 6) is -1.30. The molecule has 0 aliphatic rings. The van der Waals surface area contributed by atoms with Crippen molar-refractivity contribution in [2.45, 2.75) is 25.7 Å². The summed E-state index contributed by atoms with van der Waals surface area (Å²) < 4.78 is 0. The van der Waals surface area contributed by atoms with E-state index in [0.717, 1.165) is 10.5 Å². The second kappa shape index (κ2) is 7.19. The number of hydrogen-bond acceptors (Lipinski definition) is 3. The van der Waals surface area contributed by atoms with E-state index in [2.05, 4.69) is 11.4 Å². The van der Waals surface area contributed by atoms with Gasteiger partial charge in [0.1, 0.15) is 0 Å². The van der Waals surface area contributed by atoms with Gasteiger partial charge in [-0.3, -0.25) is 9.59 Å². The van der Waals surface area contributed by atoms with Gasteiger partial charge in [0, 0.05) is 11.4 Å². The Balaban J connectivity index is 2.40. The van der Waals surface area contributed by atoms with Gasteiger partial charge in [-0.2, -0.15) is 0 Å². The number of carboxylic acids is 1. The molecule has 0 aromatic heterocycles. The molecule has 0 saturated heterocycles. The average Bonchev–Trinajstić information content (AvgIpc) is 2.34. The van der Waals surface area contributed by atoms with Gasteiger partial charge in [0.25, 0.3) is 0 Å². The maximum Gasteiger partial charge on any atom is 0.308 e. The van der Waals surface area contributed by atoms with Crippen molar-refractivity contribution in [1.29, 1.82) is 0 Å². The van der Waals surface area contributed by atoms with Gasteiger partial charge in [-0.15, -0.1) is 11.8 Å². The lowest BCUT2D eigenvalue weighted by atomic mass is 10.2. The number of carbonyl (C=O) groups is 2. The molecule has 1 aromatic carbocycles. The zero-order valence-corrected chi connectivity index (χ0v) is 12.2. The molecular formula is C14H19NO3S. The van der Waals surface area contributed by atoms with Crippen LogP contribution in [0.4, 0.5) is 0 Å². The summed E-state index contributed by atoms with van der Waals surface area (Å²) in [6, 6.07) is 6.09. The predicted octanol–water partition coefficient (Wildman–Crippen LogP) is 2.23. The molecule has 1 amide bonds. The highest BCUT2D eigenvalue weighted by Gasteiger charge is 2.12. The lowest BCUT2D eigenvalue weighted by Gasteiger charge is -2.09. The molecule has 1 aromatic rings. The lowest BCUT2D eigenvalue weighted by molar-refractivity contribution is -0.141. The van der Waals surface area contributed by atoms with Crippen LogP contribution in [0.1, 0.15) is 18.1 Å². The van der Waals surface area contributed by atoms with Crippen molar-refractivity contribution in [3.63, 3.8) is 0 Å². The van der Waals surface area contributed by atoms with E-state index >= 15 is 0 Å². The lowest BCUT2D eigenvalue weighted by Crippen LogP contribution is -2.32. The first-order valence-corrected chi connectivity index (χ1v) is 7.08. The molecular weight excluding hydrogens is 262 g/mol. The molecule has 104 valence electrons. The molecule has 0 aliphatic heterocycles. The molecule has 0 fully saturated rings. The minimum atomic E-state index is -0.901. The second-order valence-corrected chi connectivity index (χ2v) is 5.62. The first-order valence-electron chi connectivity index (χ1n) is 6.09. The van der Waals surface area contributed by atoms with Crippen molar-refractivity contribution in [2.75, 3.05) is 12.3 Å². The van der Waals surface area contributed by atoms with Gasteiger partial charge in [-0.25, -0.2) is 0 Å². The molecule has 1 atom stereocenters. The molecule has 0 saturated carbocycles. The smallest absolute Gasteiger partial charge is 0.308 e. The van der Waals surface area contributed by atoms with Gasteiger partial charge in [-0.05, 0) is 25.5 Å². The van der Waals surface area contributed by atoms with Crippen molar-refractivity contribution < 1.29 is 14.7 Å². The molecule has 2 N–H and O–H groups in total. The normalized spacial score (nSPS) is 11.9. The van der Waals surface area contributed by atoms with E-state index in [1.807, 2.05) is 26.0 Å². The van der Waals surface area contributed by atoms with Crippen molar-refractivity contribution in [3.8, 4) is 0 Å². The topological polar surface area (TPSA) is 66.4 Å². The molecule has 5 heteroatoms. The minimum Gasteiger partial charge on any atom is -0.481 e. The molecule has 4 nitrogen and oxygen atoms in total. The Hall–Kier alpha value is -1.49. The maximum absolute atomic E-state index is 11.6. The molecule has 0 radical (unpaired) electrons. The standard InChI is InChI=1S/C14H19NO3S/c1-9-4-5-12(10(2)6-9)19-8-13(16)15-7-11(3)14(17)18/h4-6,11H,7-8H2,1-3H3,(H,15,16)(H,17,18). The van der Waals surface area contributed by atoms with E-state index in [-0.39, 0.29) is 12.5 Å². The van der Waals surface area contributed by atoms with E-state index in [0.29, 0.717) is 5.75 Å². The fourth-order valence-electron chi connectivity index (χ4n) is 1.51. The number of rotatable bonds is 6. The number of carboxylic acid groups (broad SMARTS) is 1. The summed E-state index contributed by atoms with van der Waals surface area (Å²) in [5.41, 5.74) is 2.35. The van der Waals surface area contributed by atoms with Crippen LogP contribution in [0.5, 0.6) is 0 Å². The summed E-state index contributed by atoms with van der Waals surface area (Å²) in [4.78, 5) is 23.3. The van der Waals surface area contributed by atoms with Crippen LogP contribution in [0, 0.1) is 19.8 Å². The first kappa shape index (κ1) is 15.6. The molecule has 1 unspecified atom stereocenters. The first-order chi connectivity index (χ1) is 8.90. The molecule has 0 aliphatic carbocycles. The maximum atomic E-state index is 11.6. The molecule has 0 bridgehead atoms. The highest BCUT2D eigenvalue weighted by Crippen LogP contribution is 2.22. The van der Waals surface area contributed by atoms with Crippen LogP contribution in [-0.4, -0.2) is 29.3 Å². The molecule has 0 heterocycles. The Morgan fingerprint density at radius 3 is 2.63 bits per heavy atom. The highest BCUT2D eigenvalue weighted by atomic mass is 32.2. The number of thioether (sulfide) groups is 1. The summed E-state index contributed by atoms with van der Waals surface area (Å²) in [7, 11) is 0. The van der Waals surface area contributed by atoms with Crippen LogP contribution >= 0.6 is 11.8 Å². The van der Waals surface area contributed by atoms with Crippen molar-refractivity contribution in [2.24, 2.45) is 5.92 Å². The Kier molecular flexibility index (Phi) is 5.89. The van der Waals surface area contributed by atoms with Gasteiger partial charge in [0.2, 0.25) is 5.91 Å². The summed E-state index contributed by atoms with van der Waals surface area (Å²) in [6.45, 7) is 5.78. The van der Waals surface area contributed by atoms with E-state index in [1.165, 1.54) is 17.3 Å². The van der Waals surface area contributed by atoms with E-state index in [1.54, 1.807) is 6.92 Å². The Morgan fingerprint density at radius 2 is 2.05 bits per heavy atom. The largest absolute Gasteiger partial charge is 0.481 e. The van der Waals surface area contributed by atoms with Gasteiger partial charge in [0.15, 0.2) is 0 Å². The number of carbonyl (C=O) groups excluding carboxylic acids is 1. The van der Waals surface area contributed by atoms with Gasteiger partial charge < -0.3 is 10.4 Å². The number of hydrogen-bond donors (Lipinski definition) is 2. The van der Waals surface area contributed by atoms with Gasteiger partial charge >= 0.3 is 5.97 Å². The predicted molar refractivity (Wildman–Crippen MR) is 76.4 cm³/mol. The SMILES string of the molecule is Cc1ccc(SCC(=O)NCC(C)C(=O)O)c(C)c1.